The minimum absolute atomic E-state index is 0.0336. The SMILES string of the molecule is COc1ccc(OCCC(=O)OCC(=O)Nc2ccc3c(c2)C(=O)c2ccccc2C3=O)cc1. The van der Waals surface area contributed by atoms with Gasteiger partial charge < -0.3 is 19.5 Å². The number of methoxy groups -OCH3 is 1. The van der Waals surface area contributed by atoms with Gasteiger partial charge in [-0.3, -0.25) is 19.2 Å². The molecule has 1 aliphatic rings. The van der Waals surface area contributed by atoms with Gasteiger partial charge in [0.2, 0.25) is 0 Å². The number of benzene rings is 3. The molecule has 0 saturated carbocycles. The molecule has 0 spiro atoms. The molecule has 1 aliphatic carbocycles. The third-order valence-electron chi connectivity index (χ3n) is 5.21. The Hall–Kier alpha value is -4.46. The summed E-state index contributed by atoms with van der Waals surface area (Å²) in [6, 6.07) is 18.0. The van der Waals surface area contributed by atoms with Crippen LogP contribution < -0.4 is 14.8 Å². The normalized spacial score (nSPS) is 11.8. The van der Waals surface area contributed by atoms with Gasteiger partial charge in [0.15, 0.2) is 18.2 Å². The van der Waals surface area contributed by atoms with Crippen LogP contribution in [0.25, 0.3) is 0 Å². The lowest BCUT2D eigenvalue weighted by Gasteiger charge is -2.18. The summed E-state index contributed by atoms with van der Waals surface area (Å²) < 4.78 is 15.5. The van der Waals surface area contributed by atoms with Crippen molar-refractivity contribution in [1.82, 2.24) is 0 Å². The topological polar surface area (TPSA) is 108 Å². The summed E-state index contributed by atoms with van der Waals surface area (Å²) in [4.78, 5) is 49.5. The molecule has 0 unspecified atom stereocenters. The number of ether oxygens (including phenoxy) is 3. The van der Waals surface area contributed by atoms with Gasteiger partial charge in [0, 0.05) is 27.9 Å². The summed E-state index contributed by atoms with van der Waals surface area (Å²) >= 11 is 0. The summed E-state index contributed by atoms with van der Waals surface area (Å²) in [7, 11) is 1.56. The van der Waals surface area contributed by atoms with Crippen LogP contribution in [0.15, 0.2) is 66.7 Å². The number of esters is 1. The Labute approximate surface area is 195 Å². The number of hydrogen-bond acceptors (Lipinski definition) is 7. The second-order valence-electron chi connectivity index (χ2n) is 7.45. The molecule has 8 heteroatoms. The van der Waals surface area contributed by atoms with E-state index in [1.807, 2.05) is 0 Å². The van der Waals surface area contributed by atoms with Crippen molar-refractivity contribution in [2.75, 3.05) is 25.6 Å². The molecular weight excluding hydrogens is 438 g/mol. The lowest BCUT2D eigenvalue weighted by atomic mass is 9.84. The molecule has 0 bridgehead atoms. The fourth-order valence-electron chi connectivity index (χ4n) is 3.52. The molecule has 172 valence electrons. The zero-order valence-corrected chi connectivity index (χ0v) is 18.3. The maximum atomic E-state index is 12.8. The summed E-state index contributed by atoms with van der Waals surface area (Å²) in [6.45, 7) is -0.399. The maximum absolute atomic E-state index is 12.8. The first kappa shape index (κ1) is 22.7. The van der Waals surface area contributed by atoms with Crippen LogP contribution in [-0.4, -0.2) is 43.8 Å². The molecule has 34 heavy (non-hydrogen) atoms. The molecule has 0 saturated heterocycles. The van der Waals surface area contributed by atoms with Gasteiger partial charge in [-0.15, -0.1) is 0 Å². The molecule has 1 N–H and O–H groups in total. The minimum Gasteiger partial charge on any atom is -0.497 e. The van der Waals surface area contributed by atoms with Gasteiger partial charge in [0.05, 0.1) is 20.1 Å². The average molecular weight is 459 g/mol. The lowest BCUT2D eigenvalue weighted by molar-refractivity contribution is -0.147. The predicted molar refractivity (Wildman–Crippen MR) is 122 cm³/mol. The van der Waals surface area contributed by atoms with Crippen molar-refractivity contribution in [1.29, 1.82) is 0 Å². The van der Waals surface area contributed by atoms with E-state index in [4.69, 9.17) is 14.2 Å². The summed E-state index contributed by atoms with van der Waals surface area (Å²) in [6.07, 6.45) is -0.0336. The maximum Gasteiger partial charge on any atom is 0.309 e. The second kappa shape index (κ2) is 9.99. The van der Waals surface area contributed by atoms with E-state index in [0.717, 1.165) is 0 Å². The van der Waals surface area contributed by atoms with Crippen LogP contribution in [0.1, 0.15) is 38.3 Å². The summed E-state index contributed by atoms with van der Waals surface area (Å²) in [5.41, 5.74) is 1.51. The highest BCUT2D eigenvalue weighted by molar-refractivity contribution is 6.28. The lowest BCUT2D eigenvalue weighted by Crippen LogP contribution is -2.23. The Bertz CT molecular complexity index is 1260. The van der Waals surface area contributed by atoms with Crippen molar-refractivity contribution in [3.05, 3.63) is 89.0 Å². The first-order valence-corrected chi connectivity index (χ1v) is 10.5. The number of rotatable bonds is 8. The zero-order valence-electron chi connectivity index (χ0n) is 18.3. The Morgan fingerprint density at radius 2 is 1.41 bits per heavy atom. The molecule has 0 atom stereocenters. The number of fused-ring (bicyclic) bond motifs is 2. The molecule has 4 rings (SSSR count). The highest BCUT2D eigenvalue weighted by Crippen LogP contribution is 2.29. The van der Waals surface area contributed by atoms with Crippen LogP contribution in [0.2, 0.25) is 0 Å². The Kier molecular flexibility index (Phi) is 6.68. The van der Waals surface area contributed by atoms with Crippen LogP contribution in [0.3, 0.4) is 0 Å². The minimum atomic E-state index is -0.591. The van der Waals surface area contributed by atoms with E-state index in [1.54, 1.807) is 55.6 Å². The molecular formula is C26H21NO7. The fraction of sp³-hybridized carbons (Fsp3) is 0.154. The first-order chi connectivity index (χ1) is 16.5. The van der Waals surface area contributed by atoms with Gasteiger partial charge in [-0.05, 0) is 42.5 Å². The second-order valence-corrected chi connectivity index (χ2v) is 7.45. The van der Waals surface area contributed by atoms with Crippen molar-refractivity contribution in [3.8, 4) is 11.5 Å². The van der Waals surface area contributed by atoms with Crippen molar-refractivity contribution >= 4 is 29.1 Å². The highest BCUT2D eigenvalue weighted by atomic mass is 16.5. The molecule has 0 aromatic heterocycles. The van der Waals surface area contributed by atoms with Crippen LogP contribution in [0, 0.1) is 0 Å². The average Bonchev–Trinajstić information content (AvgIpc) is 2.86. The molecule has 1 amide bonds. The van der Waals surface area contributed by atoms with Crippen LogP contribution in [-0.2, 0) is 14.3 Å². The molecule has 0 heterocycles. The van der Waals surface area contributed by atoms with Gasteiger partial charge in [-0.1, -0.05) is 24.3 Å². The molecule has 3 aromatic carbocycles. The van der Waals surface area contributed by atoms with Gasteiger partial charge in [-0.25, -0.2) is 0 Å². The number of nitrogens with one attached hydrogen (secondary N) is 1. The molecule has 0 radical (unpaired) electrons. The molecule has 0 fully saturated rings. The number of anilines is 1. The van der Waals surface area contributed by atoms with E-state index in [2.05, 4.69) is 5.32 Å². The molecule has 0 aliphatic heterocycles. The Morgan fingerprint density at radius 3 is 2.09 bits per heavy atom. The van der Waals surface area contributed by atoms with Crippen molar-refractivity contribution in [2.24, 2.45) is 0 Å². The van der Waals surface area contributed by atoms with Gasteiger partial charge >= 0.3 is 5.97 Å². The standard InChI is InChI=1S/C26H21NO7/c1-32-17-7-9-18(10-8-17)33-13-12-24(29)34-15-23(28)27-16-6-11-21-22(14-16)26(31)20-5-3-2-4-19(20)25(21)30/h2-11,14H,12-13,15H2,1H3,(H,27,28). The number of hydrogen-bond donors (Lipinski definition) is 1. The highest BCUT2D eigenvalue weighted by Gasteiger charge is 2.29. The smallest absolute Gasteiger partial charge is 0.309 e. The number of carbonyl (C=O) groups excluding carboxylic acids is 4. The Morgan fingerprint density at radius 1 is 0.794 bits per heavy atom. The molecule has 3 aromatic rings. The van der Waals surface area contributed by atoms with Gasteiger partial charge in [-0.2, -0.15) is 0 Å². The van der Waals surface area contributed by atoms with E-state index < -0.39 is 18.5 Å². The first-order valence-electron chi connectivity index (χ1n) is 10.5. The van der Waals surface area contributed by atoms with E-state index in [0.29, 0.717) is 28.3 Å². The predicted octanol–water partition coefficient (Wildman–Crippen LogP) is 3.42. The monoisotopic (exact) mass is 459 g/mol. The number of amides is 1. The summed E-state index contributed by atoms with van der Waals surface area (Å²) in [5, 5.41) is 2.58. The Balaban J connectivity index is 1.27. The third-order valence-corrected chi connectivity index (χ3v) is 5.21. The zero-order chi connectivity index (χ0) is 24.1. The third kappa shape index (κ3) is 4.96. The van der Waals surface area contributed by atoms with Crippen LogP contribution in [0.5, 0.6) is 11.5 Å². The van der Waals surface area contributed by atoms with Crippen molar-refractivity contribution in [2.45, 2.75) is 6.42 Å². The molecule has 8 nitrogen and oxygen atoms in total. The van der Waals surface area contributed by atoms with E-state index >= 15 is 0 Å². The summed E-state index contributed by atoms with van der Waals surface area (Å²) in [5.74, 6) is -0.420. The number of ketones is 2. The van der Waals surface area contributed by atoms with E-state index in [1.165, 1.54) is 18.2 Å². The van der Waals surface area contributed by atoms with E-state index in [9.17, 15) is 19.2 Å². The van der Waals surface area contributed by atoms with Gasteiger partial charge in [0.25, 0.3) is 5.91 Å². The van der Waals surface area contributed by atoms with E-state index in [-0.39, 0.29) is 35.7 Å². The van der Waals surface area contributed by atoms with Crippen molar-refractivity contribution in [3.63, 3.8) is 0 Å². The van der Waals surface area contributed by atoms with Crippen LogP contribution in [0.4, 0.5) is 5.69 Å². The quantitative estimate of drug-likeness (QED) is 0.402. The van der Waals surface area contributed by atoms with Crippen LogP contribution >= 0.6 is 0 Å². The largest absolute Gasteiger partial charge is 0.497 e. The van der Waals surface area contributed by atoms with Crippen molar-refractivity contribution < 1.29 is 33.4 Å². The van der Waals surface area contributed by atoms with Gasteiger partial charge in [0.1, 0.15) is 11.5 Å². The fourth-order valence-corrected chi connectivity index (χ4v) is 3.52. The number of carbonyl (C=O) groups is 4.